The molecule has 2 heterocycles. The lowest BCUT2D eigenvalue weighted by atomic mass is 9.96. The summed E-state index contributed by atoms with van der Waals surface area (Å²) in [5, 5.41) is 60.8. The Morgan fingerprint density at radius 2 is 1.92 bits per heavy atom. The van der Waals surface area contributed by atoms with Gasteiger partial charge in [0.25, 0.3) is 0 Å². The first-order chi connectivity index (χ1) is 16.8. The van der Waals surface area contributed by atoms with Crippen molar-refractivity contribution in [2.24, 2.45) is 0 Å². The zero-order valence-electron chi connectivity index (χ0n) is 20.8. The molecular formula is C25H36O11. The maximum Gasteiger partial charge on any atom is 0.310 e. The third-order valence-corrected chi connectivity index (χ3v) is 6.54. The Kier molecular flexibility index (Phi) is 8.67. The Balaban J connectivity index is 1.97. The van der Waals surface area contributed by atoms with Crippen LogP contribution in [0.4, 0.5) is 0 Å². The summed E-state index contributed by atoms with van der Waals surface area (Å²) < 4.78 is 22.2. The van der Waals surface area contributed by atoms with E-state index in [0.29, 0.717) is 18.4 Å². The van der Waals surface area contributed by atoms with Crippen molar-refractivity contribution in [2.75, 3.05) is 13.7 Å². The van der Waals surface area contributed by atoms with Gasteiger partial charge in [-0.05, 0) is 45.7 Å². The first kappa shape index (κ1) is 28.3. The van der Waals surface area contributed by atoms with Crippen LogP contribution in [-0.2, 0) is 25.4 Å². The van der Waals surface area contributed by atoms with Crippen LogP contribution < -0.4 is 4.74 Å². The molecule has 6 N–H and O–H groups in total. The fourth-order valence-electron chi connectivity index (χ4n) is 4.35. The Labute approximate surface area is 209 Å². The van der Waals surface area contributed by atoms with Crippen molar-refractivity contribution in [2.45, 2.75) is 88.0 Å². The molecule has 0 aromatic heterocycles. The smallest absolute Gasteiger partial charge is 0.310 e. The van der Waals surface area contributed by atoms with E-state index in [1.165, 1.54) is 19.2 Å². The predicted octanol–water partition coefficient (Wildman–Crippen LogP) is 0.00820. The number of hydrogen-bond donors (Lipinski definition) is 6. The standard InChI is InChI=1S/C25H36O11/c1-24(2,32)17-6-8-25(3,36-17)7-5-13-9-15(27)10-14(11-18(28)33-4)22(13)35-23-21(31)20(30)19(29)16(12-26)34-23/h5,7,9-10,16-17,19-21,23,26-27,29-32H,6,8,11-12H2,1-4H3. The molecule has 2 aliphatic heterocycles. The summed E-state index contributed by atoms with van der Waals surface area (Å²) in [4.78, 5) is 12.0. The number of benzene rings is 1. The Hall–Kier alpha value is -2.25. The number of aliphatic hydroxyl groups is 5. The molecule has 2 fully saturated rings. The number of hydrogen-bond acceptors (Lipinski definition) is 11. The fraction of sp³-hybridized carbons (Fsp3) is 0.640. The normalized spacial score (nSPS) is 33.1. The van der Waals surface area contributed by atoms with Gasteiger partial charge in [-0.15, -0.1) is 0 Å². The van der Waals surface area contributed by atoms with Crippen molar-refractivity contribution < 1.29 is 54.4 Å². The number of carbonyl (C=O) groups is 1. The Bertz CT molecular complexity index is 954. The number of carbonyl (C=O) groups excluding carboxylic acids is 1. The lowest BCUT2D eigenvalue weighted by Crippen LogP contribution is -2.60. The molecule has 36 heavy (non-hydrogen) atoms. The van der Waals surface area contributed by atoms with Gasteiger partial charge in [0.1, 0.15) is 35.9 Å². The average Bonchev–Trinajstić information content (AvgIpc) is 3.22. The van der Waals surface area contributed by atoms with E-state index >= 15 is 0 Å². The summed E-state index contributed by atoms with van der Waals surface area (Å²) in [6, 6.07) is 2.67. The van der Waals surface area contributed by atoms with E-state index in [-0.39, 0.29) is 29.6 Å². The van der Waals surface area contributed by atoms with Crippen molar-refractivity contribution in [3.63, 3.8) is 0 Å². The summed E-state index contributed by atoms with van der Waals surface area (Å²) in [6.45, 7) is 4.56. The number of aliphatic hydroxyl groups excluding tert-OH is 4. The van der Waals surface area contributed by atoms with E-state index in [4.69, 9.17) is 18.9 Å². The molecule has 7 unspecified atom stereocenters. The fourth-order valence-corrected chi connectivity index (χ4v) is 4.35. The molecule has 7 atom stereocenters. The highest BCUT2D eigenvalue weighted by Gasteiger charge is 2.45. The van der Waals surface area contributed by atoms with Crippen LogP contribution in [0.5, 0.6) is 11.5 Å². The highest BCUT2D eigenvalue weighted by Crippen LogP contribution is 2.39. The summed E-state index contributed by atoms with van der Waals surface area (Å²) in [6.07, 6.45) is -3.66. The predicted molar refractivity (Wildman–Crippen MR) is 126 cm³/mol. The molecule has 2 aliphatic rings. The maximum atomic E-state index is 12.0. The second kappa shape index (κ2) is 11.0. The van der Waals surface area contributed by atoms with E-state index < -0.39 is 54.5 Å². The quantitative estimate of drug-likeness (QED) is 0.259. The molecule has 2 saturated heterocycles. The Morgan fingerprint density at radius 3 is 2.50 bits per heavy atom. The highest BCUT2D eigenvalue weighted by atomic mass is 16.7. The van der Waals surface area contributed by atoms with Gasteiger partial charge in [-0.1, -0.05) is 12.2 Å². The molecule has 202 valence electrons. The van der Waals surface area contributed by atoms with Crippen LogP contribution in [0.25, 0.3) is 6.08 Å². The monoisotopic (exact) mass is 512 g/mol. The average molecular weight is 513 g/mol. The first-order valence-electron chi connectivity index (χ1n) is 11.8. The van der Waals surface area contributed by atoms with Gasteiger partial charge in [0.05, 0.1) is 37.4 Å². The highest BCUT2D eigenvalue weighted by molar-refractivity contribution is 5.75. The molecule has 0 bridgehead atoms. The number of phenolic OH excluding ortho intramolecular Hbond substituents is 1. The molecule has 11 nitrogen and oxygen atoms in total. The van der Waals surface area contributed by atoms with E-state index in [2.05, 4.69) is 0 Å². The van der Waals surface area contributed by atoms with Crippen LogP contribution in [-0.4, -0.2) is 98.3 Å². The minimum absolute atomic E-state index is 0.0550. The second-order valence-electron chi connectivity index (χ2n) is 10.0. The van der Waals surface area contributed by atoms with E-state index in [9.17, 15) is 35.4 Å². The molecule has 0 saturated carbocycles. The van der Waals surface area contributed by atoms with Crippen LogP contribution in [0.15, 0.2) is 18.2 Å². The molecule has 1 aromatic rings. The molecule has 0 spiro atoms. The lowest BCUT2D eigenvalue weighted by molar-refractivity contribution is -0.277. The molecule has 0 amide bonds. The number of aromatic hydroxyl groups is 1. The number of phenols is 1. The van der Waals surface area contributed by atoms with E-state index in [1.807, 2.05) is 6.92 Å². The third kappa shape index (κ3) is 6.35. The summed E-state index contributed by atoms with van der Waals surface area (Å²) >= 11 is 0. The van der Waals surface area contributed by atoms with Crippen LogP contribution in [0.3, 0.4) is 0 Å². The zero-order chi connectivity index (χ0) is 26.8. The third-order valence-electron chi connectivity index (χ3n) is 6.54. The van der Waals surface area contributed by atoms with Crippen LogP contribution in [0, 0.1) is 0 Å². The molecule has 11 heteroatoms. The number of rotatable bonds is 8. The molecule has 3 rings (SSSR count). The summed E-state index contributed by atoms with van der Waals surface area (Å²) in [5.74, 6) is -0.728. The van der Waals surface area contributed by atoms with Crippen molar-refractivity contribution >= 4 is 12.0 Å². The maximum absolute atomic E-state index is 12.0. The molecule has 0 radical (unpaired) electrons. The Morgan fingerprint density at radius 1 is 1.22 bits per heavy atom. The second-order valence-corrected chi connectivity index (χ2v) is 10.0. The topological polar surface area (TPSA) is 175 Å². The molecule has 0 aliphatic carbocycles. The van der Waals surface area contributed by atoms with Gasteiger partial charge in [-0.25, -0.2) is 0 Å². The van der Waals surface area contributed by atoms with Crippen LogP contribution in [0.2, 0.25) is 0 Å². The minimum atomic E-state index is -1.68. The van der Waals surface area contributed by atoms with Crippen molar-refractivity contribution in [1.82, 2.24) is 0 Å². The first-order valence-corrected chi connectivity index (χ1v) is 11.8. The van der Waals surface area contributed by atoms with Crippen molar-refractivity contribution in [3.05, 3.63) is 29.3 Å². The largest absolute Gasteiger partial charge is 0.508 e. The number of esters is 1. The molecule has 1 aromatic carbocycles. The van der Waals surface area contributed by atoms with Gasteiger partial charge >= 0.3 is 5.97 Å². The van der Waals surface area contributed by atoms with E-state index in [0.717, 1.165) is 0 Å². The van der Waals surface area contributed by atoms with E-state index in [1.54, 1.807) is 26.0 Å². The number of methoxy groups -OCH3 is 1. The zero-order valence-corrected chi connectivity index (χ0v) is 20.8. The summed E-state index contributed by atoms with van der Waals surface area (Å²) in [7, 11) is 1.21. The minimum Gasteiger partial charge on any atom is -0.508 e. The van der Waals surface area contributed by atoms with Crippen molar-refractivity contribution in [1.29, 1.82) is 0 Å². The van der Waals surface area contributed by atoms with Crippen molar-refractivity contribution in [3.8, 4) is 11.5 Å². The van der Waals surface area contributed by atoms with Gasteiger partial charge in [-0.2, -0.15) is 0 Å². The SMILES string of the molecule is COC(=O)Cc1cc(O)cc(C=CC2(C)CCC(C(C)(C)O)O2)c1OC1OC(CO)C(O)C(O)C1O. The van der Waals surface area contributed by atoms with Gasteiger partial charge < -0.3 is 49.6 Å². The lowest BCUT2D eigenvalue weighted by Gasteiger charge is -2.40. The molecular weight excluding hydrogens is 476 g/mol. The van der Waals surface area contributed by atoms with Crippen LogP contribution in [0.1, 0.15) is 44.7 Å². The van der Waals surface area contributed by atoms with Gasteiger partial charge in [0, 0.05) is 11.1 Å². The summed E-state index contributed by atoms with van der Waals surface area (Å²) in [5.41, 5.74) is -1.24. The van der Waals surface area contributed by atoms with Gasteiger partial charge in [0.2, 0.25) is 6.29 Å². The van der Waals surface area contributed by atoms with Gasteiger partial charge in [0.15, 0.2) is 0 Å². The number of ether oxygens (including phenoxy) is 4. The van der Waals surface area contributed by atoms with Crippen LogP contribution >= 0.6 is 0 Å². The van der Waals surface area contributed by atoms with Gasteiger partial charge in [-0.3, -0.25) is 4.79 Å².